The van der Waals surface area contributed by atoms with Gasteiger partial charge in [0.05, 0.1) is 5.56 Å². The minimum Gasteiger partial charge on any atom is -0.386 e. The molecule has 0 bridgehead atoms. The van der Waals surface area contributed by atoms with Crippen LogP contribution in [-0.4, -0.2) is 15.8 Å². The van der Waals surface area contributed by atoms with Crippen LogP contribution < -0.4 is 0 Å². The number of hydrogen-bond acceptors (Lipinski definition) is 1. The SMILES string of the molecule is CC1=CC=C[C@@](c2cccc(F)c2)(n2cc(-c3ccc(C(F)(F)F)cc3)c3ccccc32)[C@H]1O. The van der Waals surface area contributed by atoms with Crippen molar-refractivity contribution in [3.63, 3.8) is 0 Å². The summed E-state index contributed by atoms with van der Waals surface area (Å²) in [5, 5.41) is 12.3. The van der Waals surface area contributed by atoms with Crippen LogP contribution in [0.2, 0.25) is 0 Å². The number of para-hydroxylation sites is 1. The average Bonchev–Trinajstić information content (AvgIpc) is 3.21. The van der Waals surface area contributed by atoms with Crippen LogP contribution >= 0.6 is 0 Å². The van der Waals surface area contributed by atoms with Crippen LogP contribution in [0.3, 0.4) is 0 Å². The standard InChI is InChI=1S/C28H21F4NO/c1-18-6-5-15-27(26(18)34,21-7-4-8-22(29)16-21)33-17-24(23-9-2-3-10-25(23)33)19-11-13-20(14-12-19)28(30,31)32/h2-17,26,34H,1H3/t26-,27-/m0/s1. The van der Waals surface area contributed by atoms with Crippen LogP contribution in [0.1, 0.15) is 18.1 Å². The Kier molecular flexibility index (Phi) is 5.21. The van der Waals surface area contributed by atoms with E-state index in [1.54, 1.807) is 12.1 Å². The average molecular weight is 463 g/mol. The molecule has 0 aliphatic heterocycles. The molecular weight excluding hydrogens is 442 g/mol. The first-order valence-electron chi connectivity index (χ1n) is 10.8. The molecule has 1 aliphatic rings. The van der Waals surface area contributed by atoms with Crippen molar-refractivity contribution in [2.45, 2.75) is 24.7 Å². The Morgan fingerprint density at radius 1 is 0.941 bits per heavy atom. The second-order valence-electron chi connectivity index (χ2n) is 8.51. The third-order valence-corrected chi connectivity index (χ3v) is 6.48. The van der Waals surface area contributed by atoms with Crippen molar-refractivity contribution in [3.05, 3.63) is 120 Å². The maximum atomic E-state index is 14.3. The van der Waals surface area contributed by atoms with Gasteiger partial charge in [-0.05, 0) is 54.0 Å². The van der Waals surface area contributed by atoms with E-state index in [1.807, 2.05) is 60.2 Å². The van der Waals surface area contributed by atoms with Gasteiger partial charge >= 0.3 is 6.18 Å². The smallest absolute Gasteiger partial charge is 0.386 e. The molecule has 0 amide bonds. The molecule has 1 aliphatic carbocycles. The fourth-order valence-corrected chi connectivity index (χ4v) is 4.77. The summed E-state index contributed by atoms with van der Waals surface area (Å²) in [6.45, 7) is 1.81. The highest BCUT2D eigenvalue weighted by Crippen LogP contribution is 2.43. The second-order valence-corrected chi connectivity index (χ2v) is 8.51. The number of aromatic nitrogens is 1. The normalized spacial score (nSPS) is 20.5. The minimum atomic E-state index is -4.42. The van der Waals surface area contributed by atoms with Gasteiger partial charge in [0, 0.05) is 22.7 Å². The molecule has 0 saturated carbocycles. The summed E-state index contributed by atoms with van der Waals surface area (Å²) in [5.41, 5.74) is 1.49. The number of fused-ring (bicyclic) bond motifs is 1. The molecule has 4 aromatic rings. The van der Waals surface area contributed by atoms with Crippen molar-refractivity contribution in [2.75, 3.05) is 0 Å². The lowest BCUT2D eigenvalue weighted by molar-refractivity contribution is -0.137. The summed E-state index contributed by atoms with van der Waals surface area (Å²) >= 11 is 0. The van der Waals surface area contributed by atoms with E-state index in [1.165, 1.54) is 24.3 Å². The monoisotopic (exact) mass is 463 g/mol. The fourth-order valence-electron chi connectivity index (χ4n) is 4.77. The number of aliphatic hydroxyl groups excluding tert-OH is 1. The highest BCUT2D eigenvalue weighted by atomic mass is 19.4. The van der Waals surface area contributed by atoms with Gasteiger partial charge in [0.15, 0.2) is 0 Å². The van der Waals surface area contributed by atoms with Crippen LogP contribution in [0.15, 0.2) is 103 Å². The molecule has 0 spiro atoms. The first-order chi connectivity index (χ1) is 16.2. The largest absolute Gasteiger partial charge is 0.416 e. The maximum absolute atomic E-state index is 14.3. The number of allylic oxidation sites excluding steroid dienone is 2. The van der Waals surface area contributed by atoms with Gasteiger partial charge in [-0.2, -0.15) is 13.2 Å². The van der Waals surface area contributed by atoms with Gasteiger partial charge in [0.2, 0.25) is 0 Å². The lowest BCUT2D eigenvalue weighted by Gasteiger charge is -2.40. The van der Waals surface area contributed by atoms with Gasteiger partial charge in [0.1, 0.15) is 17.5 Å². The highest BCUT2D eigenvalue weighted by molar-refractivity contribution is 5.96. The van der Waals surface area contributed by atoms with Gasteiger partial charge in [-0.25, -0.2) is 4.39 Å². The van der Waals surface area contributed by atoms with Crippen LogP contribution in [0.25, 0.3) is 22.0 Å². The Bertz CT molecular complexity index is 1430. The molecule has 0 fully saturated rings. The number of nitrogens with zero attached hydrogens (tertiary/aromatic N) is 1. The molecule has 1 N–H and O–H groups in total. The number of benzene rings is 3. The Morgan fingerprint density at radius 3 is 2.38 bits per heavy atom. The summed E-state index contributed by atoms with van der Waals surface area (Å²) in [6.07, 6.45) is 1.89. The fraction of sp³-hybridized carbons (Fsp3) is 0.143. The van der Waals surface area contributed by atoms with E-state index >= 15 is 0 Å². The van der Waals surface area contributed by atoms with Crippen molar-refractivity contribution in [3.8, 4) is 11.1 Å². The van der Waals surface area contributed by atoms with Gasteiger partial charge in [-0.3, -0.25) is 0 Å². The Labute approximate surface area is 194 Å². The van der Waals surface area contributed by atoms with E-state index in [0.29, 0.717) is 22.3 Å². The number of rotatable bonds is 3. The molecule has 34 heavy (non-hydrogen) atoms. The summed E-state index contributed by atoms with van der Waals surface area (Å²) in [4.78, 5) is 0. The third-order valence-electron chi connectivity index (χ3n) is 6.48. The molecule has 0 saturated heterocycles. The lowest BCUT2D eigenvalue weighted by Crippen LogP contribution is -2.46. The zero-order chi connectivity index (χ0) is 24.1. The summed E-state index contributed by atoms with van der Waals surface area (Å²) in [6, 6.07) is 18.6. The predicted molar refractivity (Wildman–Crippen MR) is 125 cm³/mol. The molecule has 0 radical (unpaired) electrons. The van der Waals surface area contributed by atoms with Crippen LogP contribution in [0.5, 0.6) is 0 Å². The van der Waals surface area contributed by atoms with Crippen molar-refractivity contribution in [2.24, 2.45) is 0 Å². The Morgan fingerprint density at radius 2 is 1.68 bits per heavy atom. The van der Waals surface area contributed by atoms with Crippen LogP contribution in [-0.2, 0) is 11.7 Å². The van der Waals surface area contributed by atoms with Gasteiger partial charge < -0.3 is 9.67 Å². The lowest BCUT2D eigenvalue weighted by atomic mass is 9.78. The number of alkyl halides is 3. The molecular formula is C28H21F4NO. The van der Waals surface area contributed by atoms with Crippen LogP contribution in [0.4, 0.5) is 17.6 Å². The van der Waals surface area contributed by atoms with Gasteiger partial charge in [-0.15, -0.1) is 0 Å². The maximum Gasteiger partial charge on any atom is 0.416 e. The van der Waals surface area contributed by atoms with Crippen molar-refractivity contribution >= 4 is 10.9 Å². The summed E-state index contributed by atoms with van der Waals surface area (Å²) in [7, 11) is 0. The molecule has 3 aromatic carbocycles. The van der Waals surface area contributed by atoms with E-state index in [2.05, 4.69) is 0 Å². The molecule has 0 unspecified atom stereocenters. The first-order valence-corrected chi connectivity index (χ1v) is 10.8. The zero-order valence-electron chi connectivity index (χ0n) is 18.2. The Balaban J connectivity index is 1.78. The molecule has 1 aromatic heterocycles. The van der Waals surface area contributed by atoms with E-state index < -0.39 is 29.2 Å². The predicted octanol–water partition coefficient (Wildman–Crippen LogP) is 7.09. The topological polar surface area (TPSA) is 25.2 Å². The van der Waals surface area contributed by atoms with Crippen LogP contribution in [0, 0.1) is 5.82 Å². The van der Waals surface area contributed by atoms with Gasteiger partial charge in [-0.1, -0.05) is 60.7 Å². The molecule has 5 rings (SSSR count). The number of aliphatic hydroxyl groups is 1. The minimum absolute atomic E-state index is 0.427. The van der Waals surface area contributed by atoms with E-state index in [-0.39, 0.29) is 0 Å². The molecule has 172 valence electrons. The number of hydrogen-bond donors (Lipinski definition) is 1. The molecule has 2 atom stereocenters. The number of halogens is 4. The summed E-state index contributed by atoms with van der Waals surface area (Å²) < 4.78 is 55.5. The molecule has 1 heterocycles. The molecule has 6 heteroatoms. The van der Waals surface area contributed by atoms with E-state index in [0.717, 1.165) is 23.0 Å². The first kappa shape index (κ1) is 22.2. The van der Waals surface area contributed by atoms with Crippen molar-refractivity contribution in [1.82, 2.24) is 4.57 Å². The third kappa shape index (κ3) is 3.46. The van der Waals surface area contributed by atoms with Crippen molar-refractivity contribution in [1.29, 1.82) is 0 Å². The highest BCUT2D eigenvalue weighted by Gasteiger charge is 2.42. The molecule has 2 nitrogen and oxygen atoms in total. The van der Waals surface area contributed by atoms with Crippen molar-refractivity contribution < 1.29 is 22.7 Å². The van der Waals surface area contributed by atoms with E-state index in [4.69, 9.17) is 0 Å². The van der Waals surface area contributed by atoms with Gasteiger partial charge in [0.25, 0.3) is 0 Å². The summed E-state index contributed by atoms with van der Waals surface area (Å²) in [5.74, 6) is -0.427. The zero-order valence-corrected chi connectivity index (χ0v) is 18.2. The quantitative estimate of drug-likeness (QED) is 0.323. The second kappa shape index (κ2) is 7.99. The Hall–Kier alpha value is -3.64. The van der Waals surface area contributed by atoms with E-state index in [9.17, 15) is 22.7 Å².